The zero-order valence-electron chi connectivity index (χ0n) is 11.4. The van der Waals surface area contributed by atoms with Gasteiger partial charge < -0.3 is 15.4 Å². The Kier molecular flexibility index (Phi) is 3.44. The molecule has 2 heterocycles. The van der Waals surface area contributed by atoms with Gasteiger partial charge in [0.1, 0.15) is 5.54 Å². The number of aliphatic carboxylic acids is 1. The molecule has 1 aliphatic rings. The first-order valence-electron chi connectivity index (χ1n) is 6.69. The monoisotopic (exact) mass is 288 g/mol. The molecule has 0 amide bonds. The second-order valence-electron chi connectivity index (χ2n) is 5.30. The highest BCUT2D eigenvalue weighted by atomic mass is 16.5. The number of hydrogen-bond acceptors (Lipinski definition) is 6. The van der Waals surface area contributed by atoms with E-state index in [4.69, 9.17) is 15.4 Å². The highest BCUT2D eigenvalue weighted by molar-refractivity contribution is 5.79. The molecule has 0 aliphatic carbocycles. The second kappa shape index (κ2) is 5.27. The van der Waals surface area contributed by atoms with E-state index in [1.807, 2.05) is 35.2 Å². The predicted molar refractivity (Wildman–Crippen MR) is 74.2 cm³/mol. The highest BCUT2D eigenvalue weighted by Crippen LogP contribution is 2.21. The van der Waals surface area contributed by atoms with Gasteiger partial charge in [-0.3, -0.25) is 9.69 Å². The van der Waals surface area contributed by atoms with Gasteiger partial charge in [-0.1, -0.05) is 23.4 Å². The molecule has 1 aromatic heterocycles. The van der Waals surface area contributed by atoms with Gasteiger partial charge in [-0.05, 0) is 18.6 Å². The predicted octanol–water partition coefficient (Wildman–Crippen LogP) is 0.724. The Balaban J connectivity index is 1.68. The van der Waals surface area contributed by atoms with Crippen molar-refractivity contribution >= 4 is 5.97 Å². The fraction of sp³-hybridized carbons (Fsp3) is 0.357. The van der Waals surface area contributed by atoms with Crippen LogP contribution in [0.5, 0.6) is 0 Å². The summed E-state index contributed by atoms with van der Waals surface area (Å²) < 4.78 is 5.23. The number of carboxylic acid groups (broad SMARTS) is 1. The fourth-order valence-electron chi connectivity index (χ4n) is 2.44. The molecule has 1 aromatic carbocycles. The molecule has 0 spiro atoms. The number of nitrogens with zero attached hydrogens (tertiary/aromatic N) is 3. The van der Waals surface area contributed by atoms with Crippen molar-refractivity contribution in [1.82, 2.24) is 15.0 Å². The van der Waals surface area contributed by atoms with Crippen LogP contribution in [0.25, 0.3) is 11.5 Å². The molecule has 3 N–H and O–H groups in total. The van der Waals surface area contributed by atoms with Crippen LogP contribution in [-0.2, 0) is 11.3 Å². The summed E-state index contributed by atoms with van der Waals surface area (Å²) in [5.41, 5.74) is 5.52. The molecule has 1 saturated heterocycles. The largest absolute Gasteiger partial charge is 0.480 e. The number of rotatable bonds is 4. The molecule has 7 nitrogen and oxygen atoms in total. The SMILES string of the molecule is NC1(C(=O)O)CCN(Cc2noc(-c3ccccc3)n2)C1. The first-order valence-corrected chi connectivity index (χ1v) is 6.69. The minimum atomic E-state index is -1.17. The average Bonchev–Trinajstić information content (AvgIpc) is 3.08. The van der Waals surface area contributed by atoms with Gasteiger partial charge in [0.2, 0.25) is 0 Å². The Hall–Kier alpha value is -2.25. The van der Waals surface area contributed by atoms with Crippen molar-refractivity contribution < 1.29 is 14.4 Å². The van der Waals surface area contributed by atoms with Gasteiger partial charge in [-0.2, -0.15) is 4.98 Å². The third-order valence-corrected chi connectivity index (χ3v) is 3.66. The molecule has 7 heteroatoms. The summed E-state index contributed by atoms with van der Waals surface area (Å²) in [6, 6.07) is 9.49. The second-order valence-corrected chi connectivity index (χ2v) is 5.30. The lowest BCUT2D eigenvalue weighted by Crippen LogP contribution is -2.50. The van der Waals surface area contributed by atoms with Crippen LogP contribution in [0.3, 0.4) is 0 Å². The minimum absolute atomic E-state index is 0.289. The first kappa shape index (κ1) is 13.7. The quantitative estimate of drug-likeness (QED) is 0.854. The van der Waals surface area contributed by atoms with Crippen molar-refractivity contribution in [3.63, 3.8) is 0 Å². The molecule has 1 atom stereocenters. The normalized spacial score (nSPS) is 22.5. The molecule has 1 fully saturated rings. The van der Waals surface area contributed by atoms with Gasteiger partial charge in [-0.15, -0.1) is 0 Å². The summed E-state index contributed by atoms with van der Waals surface area (Å²) >= 11 is 0. The number of carboxylic acids is 1. The number of carbonyl (C=O) groups is 1. The van der Waals surface area contributed by atoms with Gasteiger partial charge in [0.15, 0.2) is 5.82 Å². The molecule has 1 aliphatic heterocycles. The number of hydrogen-bond donors (Lipinski definition) is 2. The van der Waals surface area contributed by atoms with Crippen molar-refractivity contribution in [2.75, 3.05) is 13.1 Å². The summed E-state index contributed by atoms with van der Waals surface area (Å²) in [6.07, 6.45) is 0.422. The lowest BCUT2D eigenvalue weighted by Gasteiger charge is -2.18. The summed E-state index contributed by atoms with van der Waals surface area (Å²) in [5.74, 6) is 0.0219. The van der Waals surface area contributed by atoms with Crippen LogP contribution in [0.4, 0.5) is 0 Å². The average molecular weight is 288 g/mol. The van der Waals surface area contributed by atoms with E-state index in [0.717, 1.165) is 5.56 Å². The van der Waals surface area contributed by atoms with E-state index in [1.54, 1.807) is 0 Å². The lowest BCUT2D eigenvalue weighted by atomic mass is 10.0. The molecule has 0 radical (unpaired) electrons. The molecule has 3 rings (SSSR count). The Bertz CT molecular complexity index is 643. The van der Waals surface area contributed by atoms with Crippen LogP contribution in [0, 0.1) is 0 Å². The summed E-state index contributed by atoms with van der Waals surface area (Å²) in [5, 5.41) is 13.0. The molecule has 0 saturated carbocycles. The van der Waals surface area contributed by atoms with Crippen molar-refractivity contribution in [3.8, 4) is 11.5 Å². The van der Waals surface area contributed by atoms with Crippen LogP contribution in [0.15, 0.2) is 34.9 Å². The van der Waals surface area contributed by atoms with Crippen molar-refractivity contribution in [3.05, 3.63) is 36.2 Å². The van der Waals surface area contributed by atoms with Gasteiger partial charge in [0.05, 0.1) is 6.54 Å². The van der Waals surface area contributed by atoms with Crippen LogP contribution >= 0.6 is 0 Å². The zero-order chi connectivity index (χ0) is 14.9. The molecule has 110 valence electrons. The van der Waals surface area contributed by atoms with Crippen molar-refractivity contribution in [1.29, 1.82) is 0 Å². The van der Waals surface area contributed by atoms with Gasteiger partial charge in [0, 0.05) is 18.7 Å². The number of benzene rings is 1. The van der Waals surface area contributed by atoms with E-state index >= 15 is 0 Å². The van der Waals surface area contributed by atoms with E-state index in [-0.39, 0.29) is 6.54 Å². The Morgan fingerprint density at radius 2 is 2.19 bits per heavy atom. The van der Waals surface area contributed by atoms with Gasteiger partial charge >= 0.3 is 5.97 Å². The fourth-order valence-corrected chi connectivity index (χ4v) is 2.44. The van der Waals surface area contributed by atoms with Gasteiger partial charge in [0.25, 0.3) is 5.89 Å². The van der Waals surface area contributed by atoms with Crippen LogP contribution < -0.4 is 5.73 Å². The molecular formula is C14H16N4O3. The zero-order valence-corrected chi connectivity index (χ0v) is 11.4. The maximum Gasteiger partial charge on any atom is 0.325 e. The minimum Gasteiger partial charge on any atom is -0.480 e. The number of nitrogens with two attached hydrogens (primary N) is 1. The molecule has 21 heavy (non-hydrogen) atoms. The van der Waals surface area contributed by atoms with Crippen LogP contribution in [-0.4, -0.2) is 44.7 Å². The molecular weight excluding hydrogens is 272 g/mol. The molecule has 1 unspecified atom stereocenters. The van der Waals surface area contributed by atoms with Gasteiger partial charge in [-0.25, -0.2) is 0 Å². The Morgan fingerprint density at radius 1 is 1.43 bits per heavy atom. The Morgan fingerprint density at radius 3 is 2.86 bits per heavy atom. The summed E-state index contributed by atoms with van der Waals surface area (Å²) in [7, 11) is 0. The number of likely N-dealkylation sites (tertiary alicyclic amines) is 1. The standard InChI is InChI=1S/C14H16N4O3/c15-14(13(19)20)6-7-18(9-14)8-11-16-12(21-17-11)10-4-2-1-3-5-10/h1-5H,6-9,15H2,(H,19,20). The van der Waals surface area contributed by atoms with E-state index < -0.39 is 11.5 Å². The van der Waals surface area contributed by atoms with E-state index in [1.165, 1.54) is 0 Å². The summed E-state index contributed by atoms with van der Waals surface area (Å²) in [6.45, 7) is 1.33. The topological polar surface area (TPSA) is 105 Å². The van der Waals surface area contributed by atoms with Crippen LogP contribution in [0.2, 0.25) is 0 Å². The van der Waals surface area contributed by atoms with E-state index in [2.05, 4.69) is 10.1 Å². The third-order valence-electron chi connectivity index (χ3n) is 3.66. The molecule has 2 aromatic rings. The lowest BCUT2D eigenvalue weighted by molar-refractivity contribution is -0.142. The maximum absolute atomic E-state index is 11.1. The van der Waals surface area contributed by atoms with Crippen molar-refractivity contribution in [2.45, 2.75) is 18.5 Å². The van der Waals surface area contributed by atoms with E-state index in [0.29, 0.717) is 31.2 Å². The third kappa shape index (κ3) is 2.79. The smallest absolute Gasteiger partial charge is 0.325 e. The number of aromatic nitrogens is 2. The first-order chi connectivity index (χ1) is 10.1. The van der Waals surface area contributed by atoms with Crippen LogP contribution in [0.1, 0.15) is 12.2 Å². The highest BCUT2D eigenvalue weighted by Gasteiger charge is 2.41. The van der Waals surface area contributed by atoms with Crippen molar-refractivity contribution in [2.24, 2.45) is 5.73 Å². The maximum atomic E-state index is 11.1. The van der Waals surface area contributed by atoms with E-state index in [9.17, 15) is 4.79 Å². The summed E-state index contributed by atoms with van der Waals surface area (Å²) in [4.78, 5) is 17.4. The molecule has 0 bridgehead atoms. The Labute approximate surface area is 121 Å².